The minimum atomic E-state index is -0.693. The van der Waals surface area contributed by atoms with Crippen LogP contribution in [0.4, 0.5) is 0 Å². The molecule has 2 aromatic heterocycles. The van der Waals surface area contributed by atoms with E-state index in [0.717, 1.165) is 31.2 Å². The molecule has 0 unspecified atom stereocenters. The average Bonchev–Trinajstić information content (AvgIpc) is 3.82. The van der Waals surface area contributed by atoms with Crippen LogP contribution in [0.2, 0.25) is 0 Å². The molecule has 0 saturated heterocycles. The molecule has 3 N–H and O–H groups in total. The number of rotatable bonds is 7. The number of hydrogen-bond donors (Lipinski definition) is 3. The van der Waals surface area contributed by atoms with Gasteiger partial charge in [0.1, 0.15) is 23.0 Å². The maximum absolute atomic E-state index is 13.6. The van der Waals surface area contributed by atoms with E-state index >= 15 is 0 Å². The number of thiazole rings is 1. The molecule has 13 heteroatoms. The van der Waals surface area contributed by atoms with Gasteiger partial charge in [-0.2, -0.15) is 0 Å². The predicted octanol–water partition coefficient (Wildman–Crippen LogP) is 3.49. The van der Waals surface area contributed by atoms with Gasteiger partial charge < -0.3 is 25.3 Å². The van der Waals surface area contributed by atoms with Crippen LogP contribution in [-0.4, -0.2) is 82.7 Å². The number of carbonyl (C=O) groups excluding carboxylic acids is 4. The van der Waals surface area contributed by atoms with Gasteiger partial charge in [-0.1, -0.05) is 57.0 Å². The summed E-state index contributed by atoms with van der Waals surface area (Å²) in [6.45, 7) is 4.33. The highest BCUT2D eigenvalue weighted by atomic mass is 32.1. The number of fused-ring (bicyclic) bond motifs is 4. The number of amides is 4. The molecule has 46 heavy (non-hydrogen) atoms. The quantitative estimate of drug-likeness (QED) is 0.352. The summed E-state index contributed by atoms with van der Waals surface area (Å²) in [5.41, 5.74) is 1.23. The topological polar surface area (TPSA) is 150 Å². The third kappa shape index (κ3) is 8.79. The van der Waals surface area contributed by atoms with Gasteiger partial charge in [0.05, 0.1) is 19.1 Å². The molecule has 0 spiro atoms. The van der Waals surface area contributed by atoms with E-state index in [2.05, 4.69) is 30.8 Å². The molecule has 2 atom stereocenters. The molecule has 1 fully saturated rings. The molecule has 1 saturated carbocycles. The minimum absolute atomic E-state index is 0.0680. The number of likely N-dealkylation sites (N-methyl/N-ethyl adjacent to an activating group) is 1. The Hall–Kier alpha value is -4.10. The van der Waals surface area contributed by atoms with Crippen molar-refractivity contribution >= 4 is 35.0 Å². The number of oxazole rings is 1. The van der Waals surface area contributed by atoms with Gasteiger partial charge >= 0.3 is 0 Å². The van der Waals surface area contributed by atoms with Crippen molar-refractivity contribution < 1.29 is 23.6 Å². The average molecular weight is 650 g/mol. The van der Waals surface area contributed by atoms with Crippen molar-refractivity contribution in [2.24, 2.45) is 5.92 Å². The van der Waals surface area contributed by atoms with Gasteiger partial charge in [-0.3, -0.25) is 24.1 Å². The highest BCUT2D eigenvalue weighted by molar-refractivity contribution is 7.09. The molecule has 12 nitrogen and oxygen atoms in total. The van der Waals surface area contributed by atoms with Crippen LogP contribution in [-0.2, 0) is 16.0 Å². The lowest BCUT2D eigenvalue weighted by molar-refractivity contribution is -0.137. The van der Waals surface area contributed by atoms with Crippen LogP contribution in [0.5, 0.6) is 0 Å². The highest BCUT2D eigenvalue weighted by Gasteiger charge is 2.29. The third-order valence-corrected chi connectivity index (χ3v) is 9.38. The van der Waals surface area contributed by atoms with Crippen LogP contribution in [0.15, 0.2) is 46.4 Å². The first kappa shape index (κ1) is 33.3. The second-order valence-electron chi connectivity index (χ2n) is 12.5. The van der Waals surface area contributed by atoms with Crippen LogP contribution in [0.1, 0.15) is 95.5 Å². The molecule has 5 rings (SSSR count). The molecule has 3 heterocycles. The van der Waals surface area contributed by atoms with Gasteiger partial charge in [-0.15, -0.1) is 11.3 Å². The normalized spacial score (nSPS) is 20.3. The number of benzene rings is 1. The third-order valence-electron chi connectivity index (χ3n) is 8.42. The Balaban J connectivity index is 1.43. The Morgan fingerprint density at radius 1 is 1.04 bits per heavy atom. The summed E-state index contributed by atoms with van der Waals surface area (Å²) in [6.07, 6.45) is 6.63. The standard InChI is InChI=1S/C33H43N7O5S/c1-21(2)15-25-33-38-27(20-46-33)30(43)34-13-14-40(29(42)18-39(3)23-11-7-8-12-23)17-28(41)35-24(16-22-9-5-4-6-10-22)32-37-26(19-45-32)31(44)36-25/h4-6,9-10,19-21,23-25H,7-8,11-18H2,1-3H3,(H,34,43)(H,35,41)(H,36,44)/t24-,25-/m0/s1. The summed E-state index contributed by atoms with van der Waals surface area (Å²) >= 11 is 1.30. The summed E-state index contributed by atoms with van der Waals surface area (Å²) in [4.78, 5) is 66.1. The zero-order chi connectivity index (χ0) is 32.6. The van der Waals surface area contributed by atoms with E-state index in [9.17, 15) is 19.2 Å². The first-order valence-corrected chi connectivity index (χ1v) is 16.9. The Kier molecular flexibility index (Phi) is 11.2. The van der Waals surface area contributed by atoms with E-state index in [-0.39, 0.29) is 61.2 Å². The molecule has 1 aliphatic carbocycles. The summed E-state index contributed by atoms with van der Waals surface area (Å²) in [6, 6.07) is 8.78. The summed E-state index contributed by atoms with van der Waals surface area (Å²) < 4.78 is 5.79. The van der Waals surface area contributed by atoms with E-state index in [0.29, 0.717) is 23.9 Å². The predicted molar refractivity (Wildman–Crippen MR) is 173 cm³/mol. The van der Waals surface area contributed by atoms with Crippen LogP contribution >= 0.6 is 11.3 Å². The molecule has 1 aromatic carbocycles. The largest absolute Gasteiger partial charge is 0.446 e. The van der Waals surface area contributed by atoms with E-state index in [4.69, 9.17) is 4.42 Å². The van der Waals surface area contributed by atoms with Gasteiger partial charge in [-0.05, 0) is 37.8 Å². The molecule has 246 valence electrons. The van der Waals surface area contributed by atoms with E-state index in [1.54, 1.807) is 5.38 Å². The van der Waals surface area contributed by atoms with Crippen LogP contribution in [0.25, 0.3) is 0 Å². The molecule has 4 amide bonds. The first-order valence-electron chi connectivity index (χ1n) is 16.0. The Bertz CT molecular complexity index is 1500. The van der Waals surface area contributed by atoms with Crippen molar-refractivity contribution in [1.29, 1.82) is 0 Å². The summed E-state index contributed by atoms with van der Waals surface area (Å²) in [5, 5.41) is 11.1. The summed E-state index contributed by atoms with van der Waals surface area (Å²) in [7, 11) is 1.94. The van der Waals surface area contributed by atoms with Gasteiger partial charge in [-0.25, -0.2) is 9.97 Å². The van der Waals surface area contributed by atoms with E-state index < -0.39 is 23.9 Å². The fraction of sp³-hybridized carbons (Fsp3) is 0.515. The van der Waals surface area contributed by atoms with Crippen molar-refractivity contribution in [3.05, 3.63) is 69.8 Å². The number of nitrogens with one attached hydrogen (secondary N) is 3. The van der Waals surface area contributed by atoms with Crippen LogP contribution in [0.3, 0.4) is 0 Å². The minimum Gasteiger partial charge on any atom is -0.446 e. The van der Waals surface area contributed by atoms with Gasteiger partial charge in [0.25, 0.3) is 11.8 Å². The van der Waals surface area contributed by atoms with Gasteiger partial charge in [0.15, 0.2) is 5.69 Å². The highest BCUT2D eigenvalue weighted by Crippen LogP contribution is 2.26. The van der Waals surface area contributed by atoms with Crippen molar-refractivity contribution in [3.63, 3.8) is 0 Å². The lowest BCUT2D eigenvalue weighted by Crippen LogP contribution is -2.49. The first-order chi connectivity index (χ1) is 22.2. The van der Waals surface area contributed by atoms with Crippen LogP contribution < -0.4 is 16.0 Å². The zero-order valence-corrected chi connectivity index (χ0v) is 27.5. The number of hydrogen-bond acceptors (Lipinski definition) is 9. The second-order valence-corrected chi connectivity index (χ2v) is 13.4. The lowest BCUT2D eigenvalue weighted by atomic mass is 10.0. The van der Waals surface area contributed by atoms with Crippen LogP contribution in [0, 0.1) is 5.92 Å². The van der Waals surface area contributed by atoms with E-state index in [1.807, 2.05) is 51.2 Å². The maximum atomic E-state index is 13.6. The fourth-order valence-corrected chi connectivity index (χ4v) is 6.83. The molecule has 1 aliphatic heterocycles. The Morgan fingerprint density at radius 3 is 2.54 bits per heavy atom. The fourth-order valence-electron chi connectivity index (χ4n) is 5.97. The Labute approximate surface area is 273 Å². The number of carbonyl (C=O) groups is 4. The van der Waals surface area contributed by atoms with E-state index in [1.165, 1.54) is 22.5 Å². The van der Waals surface area contributed by atoms with Crippen molar-refractivity contribution in [1.82, 2.24) is 35.7 Å². The van der Waals surface area contributed by atoms with Gasteiger partial charge in [0.2, 0.25) is 17.7 Å². The maximum Gasteiger partial charge on any atom is 0.273 e. The smallest absolute Gasteiger partial charge is 0.273 e. The monoisotopic (exact) mass is 649 g/mol. The van der Waals surface area contributed by atoms with Gasteiger partial charge in [0, 0.05) is 30.9 Å². The molecule has 2 aliphatic rings. The summed E-state index contributed by atoms with van der Waals surface area (Å²) in [5.74, 6) is -1.02. The number of aromatic nitrogens is 2. The van der Waals surface area contributed by atoms with Crippen molar-refractivity contribution in [2.45, 2.75) is 70.5 Å². The molecule has 3 aromatic rings. The zero-order valence-electron chi connectivity index (χ0n) is 26.7. The van der Waals surface area contributed by atoms with Crippen molar-refractivity contribution in [3.8, 4) is 0 Å². The van der Waals surface area contributed by atoms with Crippen molar-refractivity contribution in [2.75, 3.05) is 33.2 Å². The number of nitrogens with zero attached hydrogens (tertiary/aromatic N) is 4. The molecular weight excluding hydrogens is 606 g/mol. The lowest BCUT2D eigenvalue weighted by Gasteiger charge is -2.28. The molecule has 4 bridgehead atoms. The molecule has 0 radical (unpaired) electrons. The SMILES string of the molecule is CC(C)C[C@@H]1NC(=O)c2coc(n2)[C@H](Cc2ccccc2)NC(=O)CN(C(=O)CN(C)C2CCCC2)CCNC(=O)c2csc1n2. The second kappa shape index (κ2) is 15.5. The Morgan fingerprint density at radius 2 is 1.80 bits per heavy atom. The molecular formula is C33H43N7O5S.